The molecule has 1 N–H and O–H groups in total. The van der Waals surface area contributed by atoms with Gasteiger partial charge in [0, 0.05) is 18.1 Å². The fraction of sp³-hybridized carbons (Fsp3) is 0.611. The molecule has 0 aliphatic carbocycles. The van der Waals surface area contributed by atoms with E-state index in [1.807, 2.05) is 24.8 Å². The molecule has 0 spiro atoms. The van der Waals surface area contributed by atoms with Crippen molar-refractivity contribution in [1.82, 2.24) is 15.1 Å². The Labute approximate surface area is 144 Å². The Morgan fingerprint density at radius 2 is 1.83 bits per heavy atom. The smallest absolute Gasteiger partial charge is 0.399 e. The van der Waals surface area contributed by atoms with Crippen LogP contribution in [0.3, 0.4) is 0 Å². The molecule has 24 heavy (non-hydrogen) atoms. The minimum absolute atomic E-state index is 0.339. The van der Waals surface area contributed by atoms with Crippen LogP contribution in [0.15, 0.2) is 18.2 Å². The van der Waals surface area contributed by atoms with E-state index in [2.05, 4.69) is 50.2 Å². The Balaban J connectivity index is 2.03. The largest absolute Gasteiger partial charge is 0.495 e. The fourth-order valence-electron chi connectivity index (χ4n) is 3.22. The SMILES string of the molecule is CNCCCc1c2c(B3OC(C)(C)C(C)(C)O3)cccc2nn1C. The van der Waals surface area contributed by atoms with Crippen molar-refractivity contribution in [1.29, 1.82) is 0 Å². The number of rotatable bonds is 5. The van der Waals surface area contributed by atoms with Gasteiger partial charge in [0.25, 0.3) is 0 Å². The minimum atomic E-state index is -0.356. The van der Waals surface area contributed by atoms with E-state index in [1.165, 1.54) is 11.1 Å². The Kier molecular flexibility index (Phi) is 4.49. The molecule has 0 radical (unpaired) electrons. The van der Waals surface area contributed by atoms with E-state index in [-0.39, 0.29) is 18.3 Å². The lowest BCUT2D eigenvalue weighted by molar-refractivity contribution is 0.00578. The lowest BCUT2D eigenvalue weighted by atomic mass is 9.76. The summed E-state index contributed by atoms with van der Waals surface area (Å²) >= 11 is 0. The highest BCUT2D eigenvalue weighted by Gasteiger charge is 2.52. The molecule has 1 aliphatic rings. The van der Waals surface area contributed by atoms with Gasteiger partial charge in [-0.15, -0.1) is 0 Å². The number of nitrogens with one attached hydrogen (secondary N) is 1. The average Bonchev–Trinajstić information content (AvgIpc) is 2.92. The number of aromatic nitrogens is 2. The number of aryl methyl sites for hydroxylation is 2. The molecule has 130 valence electrons. The number of fused-ring (bicyclic) bond motifs is 1. The van der Waals surface area contributed by atoms with Crippen LogP contribution in [-0.4, -0.2) is 41.7 Å². The van der Waals surface area contributed by atoms with Crippen molar-refractivity contribution in [3.05, 3.63) is 23.9 Å². The summed E-state index contributed by atoms with van der Waals surface area (Å²) < 4.78 is 14.5. The van der Waals surface area contributed by atoms with Crippen molar-refractivity contribution in [2.45, 2.75) is 51.7 Å². The van der Waals surface area contributed by atoms with E-state index in [0.717, 1.165) is 30.4 Å². The van der Waals surface area contributed by atoms with Crippen LogP contribution in [0.25, 0.3) is 10.9 Å². The highest BCUT2D eigenvalue weighted by Crippen LogP contribution is 2.37. The molecule has 0 unspecified atom stereocenters. The molecule has 1 aromatic carbocycles. The first kappa shape index (κ1) is 17.5. The van der Waals surface area contributed by atoms with Crippen molar-refractivity contribution in [3.8, 4) is 0 Å². The highest BCUT2D eigenvalue weighted by molar-refractivity contribution is 6.65. The van der Waals surface area contributed by atoms with Gasteiger partial charge in [-0.05, 0) is 65.7 Å². The van der Waals surface area contributed by atoms with Crippen molar-refractivity contribution >= 4 is 23.5 Å². The molecule has 1 fully saturated rings. The second kappa shape index (κ2) is 6.17. The molecule has 6 heteroatoms. The van der Waals surface area contributed by atoms with Crippen molar-refractivity contribution in [3.63, 3.8) is 0 Å². The van der Waals surface area contributed by atoms with Crippen LogP contribution >= 0.6 is 0 Å². The maximum absolute atomic E-state index is 6.28. The zero-order chi connectivity index (χ0) is 17.5. The van der Waals surface area contributed by atoms with E-state index < -0.39 is 0 Å². The fourth-order valence-corrected chi connectivity index (χ4v) is 3.22. The topological polar surface area (TPSA) is 48.3 Å². The van der Waals surface area contributed by atoms with Gasteiger partial charge in [0.05, 0.1) is 16.7 Å². The summed E-state index contributed by atoms with van der Waals surface area (Å²) in [6, 6.07) is 6.20. The number of benzene rings is 1. The summed E-state index contributed by atoms with van der Waals surface area (Å²) in [6.07, 6.45) is 2.05. The van der Waals surface area contributed by atoms with Crippen molar-refractivity contribution < 1.29 is 9.31 Å². The first-order chi connectivity index (χ1) is 11.3. The maximum atomic E-state index is 6.28. The number of nitrogens with zero attached hydrogens (tertiary/aromatic N) is 2. The van der Waals surface area contributed by atoms with Crippen molar-refractivity contribution in [2.75, 3.05) is 13.6 Å². The van der Waals surface area contributed by atoms with Gasteiger partial charge >= 0.3 is 7.12 Å². The molecule has 2 heterocycles. The summed E-state index contributed by atoms with van der Waals surface area (Å²) in [7, 11) is 3.64. The van der Waals surface area contributed by atoms with Gasteiger partial charge < -0.3 is 14.6 Å². The van der Waals surface area contributed by atoms with E-state index in [0.29, 0.717) is 0 Å². The molecule has 2 aromatic rings. The first-order valence-corrected chi connectivity index (χ1v) is 8.71. The number of hydrogen-bond donors (Lipinski definition) is 1. The molecule has 5 nitrogen and oxygen atoms in total. The number of hydrogen-bond acceptors (Lipinski definition) is 4. The Bertz CT molecular complexity index is 723. The van der Waals surface area contributed by atoms with Gasteiger partial charge in [-0.3, -0.25) is 4.68 Å². The monoisotopic (exact) mass is 329 g/mol. The van der Waals surface area contributed by atoms with E-state index in [9.17, 15) is 0 Å². The van der Waals surface area contributed by atoms with E-state index in [4.69, 9.17) is 9.31 Å². The zero-order valence-electron chi connectivity index (χ0n) is 15.6. The standard InChI is InChI=1S/C18H28BN3O2/c1-17(2)18(3,4)24-19(23-17)13-9-7-10-14-16(13)15(22(6)21-14)11-8-12-20-5/h7,9-10,20H,8,11-12H2,1-6H3. The highest BCUT2D eigenvalue weighted by atomic mass is 16.7. The van der Waals surface area contributed by atoms with Crippen molar-refractivity contribution in [2.24, 2.45) is 7.05 Å². The minimum Gasteiger partial charge on any atom is -0.399 e. The summed E-state index contributed by atoms with van der Waals surface area (Å²) in [5, 5.41) is 9.07. The third-order valence-electron chi connectivity index (χ3n) is 5.36. The molecule has 0 bridgehead atoms. The molecule has 0 saturated carbocycles. The van der Waals surface area contributed by atoms with Gasteiger partial charge in [0.1, 0.15) is 0 Å². The second-order valence-electron chi connectivity index (χ2n) is 7.61. The summed E-state index contributed by atoms with van der Waals surface area (Å²) in [5.74, 6) is 0. The molecule has 1 aliphatic heterocycles. The van der Waals surface area contributed by atoms with E-state index >= 15 is 0 Å². The molecule has 0 amide bonds. The molecule has 0 atom stereocenters. The normalized spacial score (nSPS) is 19.3. The van der Waals surface area contributed by atoms with Crippen LogP contribution in [0.5, 0.6) is 0 Å². The predicted molar refractivity (Wildman–Crippen MR) is 98.7 cm³/mol. The second-order valence-corrected chi connectivity index (χ2v) is 7.61. The Hall–Kier alpha value is -1.37. The first-order valence-electron chi connectivity index (χ1n) is 8.71. The van der Waals surface area contributed by atoms with Crippen LogP contribution in [0.1, 0.15) is 39.8 Å². The van der Waals surface area contributed by atoms with Crippen LogP contribution in [-0.2, 0) is 22.8 Å². The van der Waals surface area contributed by atoms with E-state index in [1.54, 1.807) is 0 Å². The van der Waals surface area contributed by atoms with Crippen LogP contribution in [0, 0.1) is 0 Å². The van der Waals surface area contributed by atoms with Gasteiger partial charge in [-0.1, -0.05) is 12.1 Å². The Morgan fingerprint density at radius 1 is 1.17 bits per heavy atom. The third-order valence-corrected chi connectivity index (χ3v) is 5.36. The lowest BCUT2D eigenvalue weighted by Crippen LogP contribution is -2.41. The quantitative estimate of drug-likeness (QED) is 0.674. The van der Waals surface area contributed by atoms with Crippen LogP contribution in [0.2, 0.25) is 0 Å². The van der Waals surface area contributed by atoms with Gasteiger partial charge in [-0.25, -0.2) is 0 Å². The van der Waals surface area contributed by atoms with Crippen LogP contribution in [0.4, 0.5) is 0 Å². The maximum Gasteiger partial charge on any atom is 0.495 e. The molecule has 1 saturated heterocycles. The van der Waals surface area contributed by atoms with Gasteiger partial charge in [-0.2, -0.15) is 5.10 Å². The van der Waals surface area contributed by atoms with Crippen LogP contribution < -0.4 is 10.8 Å². The van der Waals surface area contributed by atoms with Gasteiger partial charge in [0.15, 0.2) is 0 Å². The third kappa shape index (κ3) is 2.87. The van der Waals surface area contributed by atoms with Gasteiger partial charge in [0.2, 0.25) is 0 Å². The zero-order valence-corrected chi connectivity index (χ0v) is 15.6. The summed E-state index contributed by atoms with van der Waals surface area (Å²) in [6.45, 7) is 9.34. The molecular weight excluding hydrogens is 301 g/mol. The summed E-state index contributed by atoms with van der Waals surface area (Å²) in [4.78, 5) is 0. The lowest BCUT2D eigenvalue weighted by Gasteiger charge is -2.32. The predicted octanol–water partition coefficient (Wildman–Crippen LogP) is 2.02. The molecular formula is C18H28BN3O2. The Morgan fingerprint density at radius 3 is 2.46 bits per heavy atom. The molecule has 1 aromatic heterocycles. The molecule has 3 rings (SSSR count). The average molecular weight is 329 g/mol. The summed E-state index contributed by atoms with van der Waals surface area (Å²) in [5.41, 5.74) is 2.65.